The SMILES string of the molecule is C[C@H](CO)Nc1nc(Nc2ccc(S(=O)(=O)NCC3C=CN=CC3)cc2)ncc1Br. The summed E-state index contributed by atoms with van der Waals surface area (Å²) in [5.41, 5.74) is 0.642. The van der Waals surface area contributed by atoms with Gasteiger partial charge in [0.05, 0.1) is 16.0 Å². The molecule has 160 valence electrons. The second-order valence-corrected chi connectivity index (χ2v) is 9.41. The molecule has 0 bridgehead atoms. The van der Waals surface area contributed by atoms with E-state index in [9.17, 15) is 13.5 Å². The second-order valence-electron chi connectivity index (χ2n) is 6.79. The number of hydrogen-bond donors (Lipinski definition) is 4. The molecule has 2 atom stereocenters. The van der Waals surface area contributed by atoms with Crippen molar-refractivity contribution < 1.29 is 13.5 Å². The van der Waals surface area contributed by atoms with Crippen LogP contribution in [0.3, 0.4) is 0 Å². The maximum Gasteiger partial charge on any atom is 0.240 e. The number of aliphatic imine (C=N–C) groups is 1. The van der Waals surface area contributed by atoms with Crippen LogP contribution in [0.25, 0.3) is 0 Å². The van der Waals surface area contributed by atoms with Gasteiger partial charge >= 0.3 is 0 Å². The first-order chi connectivity index (χ1) is 14.4. The van der Waals surface area contributed by atoms with Crippen LogP contribution in [0.5, 0.6) is 0 Å². The van der Waals surface area contributed by atoms with E-state index in [-0.39, 0.29) is 23.5 Å². The van der Waals surface area contributed by atoms with Crippen molar-refractivity contribution in [3.05, 3.63) is 47.2 Å². The molecule has 0 aliphatic carbocycles. The minimum Gasteiger partial charge on any atom is -0.394 e. The van der Waals surface area contributed by atoms with Gasteiger partial charge in [0.25, 0.3) is 0 Å². The Hall–Kier alpha value is -2.34. The van der Waals surface area contributed by atoms with Gasteiger partial charge in [0.1, 0.15) is 5.82 Å². The molecule has 11 heteroatoms. The molecule has 3 rings (SSSR count). The van der Waals surface area contributed by atoms with Crippen LogP contribution in [0.1, 0.15) is 13.3 Å². The van der Waals surface area contributed by atoms with Crippen LogP contribution in [0, 0.1) is 5.92 Å². The summed E-state index contributed by atoms with van der Waals surface area (Å²) in [6.07, 6.45) is 7.64. The number of halogens is 1. The second kappa shape index (κ2) is 10.1. The first-order valence-electron chi connectivity index (χ1n) is 9.32. The van der Waals surface area contributed by atoms with Crippen molar-refractivity contribution in [3.63, 3.8) is 0 Å². The lowest BCUT2D eigenvalue weighted by atomic mass is 10.1. The molecule has 2 heterocycles. The highest BCUT2D eigenvalue weighted by atomic mass is 79.9. The molecule has 0 fully saturated rings. The molecule has 0 saturated carbocycles. The van der Waals surface area contributed by atoms with Crippen LogP contribution < -0.4 is 15.4 Å². The molecule has 1 aliphatic rings. The van der Waals surface area contributed by atoms with E-state index in [1.54, 1.807) is 30.7 Å². The maximum absolute atomic E-state index is 12.5. The molecule has 1 aromatic carbocycles. The lowest BCUT2D eigenvalue weighted by Gasteiger charge is -2.15. The summed E-state index contributed by atoms with van der Waals surface area (Å²) in [5, 5.41) is 15.3. The maximum atomic E-state index is 12.5. The normalized spacial score (nSPS) is 17.0. The van der Waals surface area contributed by atoms with E-state index in [2.05, 4.69) is 46.2 Å². The van der Waals surface area contributed by atoms with Crippen LogP contribution >= 0.6 is 15.9 Å². The van der Waals surface area contributed by atoms with Crippen molar-refractivity contribution in [1.29, 1.82) is 0 Å². The van der Waals surface area contributed by atoms with Crippen LogP contribution in [-0.2, 0) is 10.0 Å². The number of aliphatic hydroxyl groups is 1. The Balaban J connectivity index is 1.64. The summed E-state index contributed by atoms with van der Waals surface area (Å²) in [6.45, 7) is 2.11. The largest absolute Gasteiger partial charge is 0.394 e. The number of sulfonamides is 1. The summed E-state index contributed by atoms with van der Waals surface area (Å²) in [4.78, 5) is 12.7. The fourth-order valence-corrected chi connectivity index (χ4v) is 4.01. The number of anilines is 3. The molecular formula is C19H23BrN6O3S. The average Bonchev–Trinajstić information content (AvgIpc) is 2.76. The molecule has 0 amide bonds. The molecule has 4 N–H and O–H groups in total. The fraction of sp³-hybridized carbons (Fsp3) is 0.316. The van der Waals surface area contributed by atoms with Crippen molar-refractivity contribution in [1.82, 2.24) is 14.7 Å². The molecule has 30 heavy (non-hydrogen) atoms. The average molecular weight is 495 g/mol. The predicted octanol–water partition coefficient (Wildman–Crippen LogP) is 2.66. The van der Waals surface area contributed by atoms with Gasteiger partial charge in [-0.2, -0.15) is 4.98 Å². The number of nitrogens with zero attached hydrogens (tertiary/aromatic N) is 3. The Morgan fingerprint density at radius 1 is 1.30 bits per heavy atom. The first kappa shape index (κ1) is 22.3. The molecular weight excluding hydrogens is 472 g/mol. The van der Waals surface area contributed by atoms with E-state index in [4.69, 9.17) is 0 Å². The van der Waals surface area contributed by atoms with Gasteiger partial charge in [-0.3, -0.25) is 4.99 Å². The zero-order valence-electron chi connectivity index (χ0n) is 16.3. The summed E-state index contributed by atoms with van der Waals surface area (Å²) in [7, 11) is -3.61. The van der Waals surface area contributed by atoms with E-state index in [0.29, 0.717) is 34.9 Å². The summed E-state index contributed by atoms with van der Waals surface area (Å²) in [5.74, 6) is 0.980. The van der Waals surface area contributed by atoms with Crippen molar-refractivity contribution in [2.75, 3.05) is 23.8 Å². The Morgan fingerprint density at radius 2 is 2.07 bits per heavy atom. The predicted molar refractivity (Wildman–Crippen MR) is 121 cm³/mol. The van der Waals surface area contributed by atoms with Crippen LogP contribution in [0.15, 0.2) is 57.1 Å². The Bertz CT molecular complexity index is 1030. The van der Waals surface area contributed by atoms with Gasteiger partial charge in [0.2, 0.25) is 16.0 Å². The summed E-state index contributed by atoms with van der Waals surface area (Å²) >= 11 is 3.37. The van der Waals surface area contributed by atoms with Gasteiger partial charge in [0.15, 0.2) is 0 Å². The van der Waals surface area contributed by atoms with Crippen LogP contribution in [0.2, 0.25) is 0 Å². The Morgan fingerprint density at radius 3 is 2.73 bits per heavy atom. The van der Waals surface area contributed by atoms with Gasteiger partial charge in [-0.15, -0.1) is 0 Å². The topological polar surface area (TPSA) is 129 Å². The van der Waals surface area contributed by atoms with Gasteiger partial charge in [-0.1, -0.05) is 6.08 Å². The standard InChI is InChI=1S/C19H23BrN6O3S/c1-13(12-27)24-18-17(20)11-22-19(26-18)25-15-2-4-16(5-3-15)30(28,29)23-10-14-6-8-21-9-7-14/h2-6,8-9,11,13-14,23,27H,7,10,12H2,1H3,(H2,22,24,25,26)/t13-,14?/m1/s1. The number of hydrogen-bond acceptors (Lipinski definition) is 8. The zero-order valence-corrected chi connectivity index (χ0v) is 18.7. The minimum atomic E-state index is -3.61. The smallest absolute Gasteiger partial charge is 0.240 e. The summed E-state index contributed by atoms with van der Waals surface area (Å²) < 4.78 is 28.3. The molecule has 0 spiro atoms. The number of benzene rings is 1. The Kier molecular flexibility index (Phi) is 7.53. The zero-order chi connectivity index (χ0) is 21.6. The molecule has 2 aromatic rings. The van der Waals surface area contributed by atoms with E-state index in [1.165, 1.54) is 12.1 Å². The molecule has 0 saturated heterocycles. The van der Waals surface area contributed by atoms with Crippen LogP contribution in [-0.4, -0.2) is 48.9 Å². The molecule has 0 radical (unpaired) electrons. The van der Waals surface area contributed by atoms with Crippen molar-refractivity contribution in [2.24, 2.45) is 10.9 Å². The van der Waals surface area contributed by atoms with Gasteiger partial charge in [-0.25, -0.2) is 18.1 Å². The van der Waals surface area contributed by atoms with Crippen molar-refractivity contribution in [3.8, 4) is 0 Å². The number of aromatic nitrogens is 2. The van der Waals surface area contributed by atoms with Crippen molar-refractivity contribution in [2.45, 2.75) is 24.3 Å². The monoisotopic (exact) mass is 494 g/mol. The third-order valence-corrected chi connectivity index (χ3v) is 6.34. The van der Waals surface area contributed by atoms with Crippen LogP contribution in [0.4, 0.5) is 17.5 Å². The fourth-order valence-electron chi connectivity index (χ4n) is 2.61. The van der Waals surface area contributed by atoms with Gasteiger partial charge < -0.3 is 15.7 Å². The molecule has 1 aliphatic heterocycles. The number of rotatable bonds is 9. The molecule has 1 aromatic heterocycles. The van der Waals surface area contributed by atoms with E-state index >= 15 is 0 Å². The highest BCUT2D eigenvalue weighted by Crippen LogP contribution is 2.23. The van der Waals surface area contributed by atoms with E-state index in [1.807, 2.05) is 13.0 Å². The lowest BCUT2D eigenvalue weighted by molar-refractivity contribution is 0.281. The first-order valence-corrected chi connectivity index (χ1v) is 11.6. The van der Waals surface area contributed by atoms with Gasteiger partial charge in [-0.05, 0) is 59.5 Å². The number of aliphatic hydroxyl groups excluding tert-OH is 1. The lowest BCUT2D eigenvalue weighted by Crippen LogP contribution is -2.29. The minimum absolute atomic E-state index is 0.0339. The Labute approximate surface area is 183 Å². The third kappa shape index (κ3) is 6.08. The van der Waals surface area contributed by atoms with E-state index < -0.39 is 10.0 Å². The number of nitrogens with one attached hydrogen (secondary N) is 3. The highest BCUT2D eigenvalue weighted by Gasteiger charge is 2.16. The van der Waals surface area contributed by atoms with E-state index in [0.717, 1.165) is 0 Å². The van der Waals surface area contributed by atoms with Gasteiger partial charge in [0, 0.05) is 36.9 Å². The van der Waals surface area contributed by atoms with Crippen molar-refractivity contribution >= 4 is 49.6 Å². The summed E-state index contributed by atoms with van der Waals surface area (Å²) in [6, 6.07) is 6.17. The molecule has 9 nitrogen and oxygen atoms in total. The third-order valence-electron chi connectivity index (χ3n) is 4.32. The highest BCUT2D eigenvalue weighted by molar-refractivity contribution is 9.10. The molecule has 1 unspecified atom stereocenters. The quantitative estimate of drug-likeness (QED) is 0.421.